The molecule has 9 heteroatoms. The van der Waals surface area contributed by atoms with Gasteiger partial charge in [-0.1, -0.05) is 26.0 Å². The van der Waals surface area contributed by atoms with E-state index in [4.69, 9.17) is 14.2 Å². The maximum Gasteiger partial charge on any atom is 0.411 e. The normalized spacial score (nSPS) is 10.5. The summed E-state index contributed by atoms with van der Waals surface area (Å²) in [5.41, 5.74) is 1.04. The lowest BCUT2D eigenvalue weighted by Crippen LogP contribution is -2.14. The van der Waals surface area contributed by atoms with Crippen LogP contribution in [0.25, 0.3) is 0 Å². The summed E-state index contributed by atoms with van der Waals surface area (Å²) in [5, 5.41) is 2.61. The molecule has 3 aromatic carbocycles. The lowest BCUT2D eigenvalue weighted by atomic mass is 10.1. The van der Waals surface area contributed by atoms with Gasteiger partial charge in [0.1, 0.15) is 5.75 Å². The quantitative estimate of drug-likeness (QED) is 0.384. The molecule has 34 heavy (non-hydrogen) atoms. The number of rotatable bonds is 7. The number of halogens is 1. The van der Waals surface area contributed by atoms with Crippen molar-refractivity contribution in [2.24, 2.45) is 0 Å². The van der Waals surface area contributed by atoms with Gasteiger partial charge in [0.15, 0.2) is 32.9 Å². The van der Waals surface area contributed by atoms with E-state index in [1.54, 1.807) is 26.0 Å². The Morgan fingerprint density at radius 1 is 0.971 bits per heavy atom. The topological polar surface area (TPSA) is 90.9 Å². The number of nitrogens with one attached hydrogen (secondary N) is 1. The largest absolute Gasteiger partial charge is 0.453 e. The molecule has 0 fully saturated rings. The molecule has 184 valence electrons. The molecule has 0 aromatic heterocycles. The van der Waals surface area contributed by atoms with E-state index in [0.29, 0.717) is 17.0 Å². The number of benzene rings is 3. The summed E-state index contributed by atoms with van der Waals surface area (Å²) >= 11 is 0. The Kier molecular flexibility index (Phi) is 9.44. The first-order valence-corrected chi connectivity index (χ1v) is 12.6. The van der Waals surface area contributed by atoms with Crippen molar-refractivity contribution in [2.45, 2.75) is 32.6 Å². The average Bonchev–Trinajstić information content (AvgIpc) is 2.79. The molecule has 0 unspecified atom stereocenters. The molecule has 0 bridgehead atoms. The van der Waals surface area contributed by atoms with Gasteiger partial charge >= 0.3 is 6.09 Å². The molecular formula is C25H30FNO6S. The molecule has 0 atom stereocenters. The summed E-state index contributed by atoms with van der Waals surface area (Å²) < 4.78 is 54.0. The van der Waals surface area contributed by atoms with Crippen molar-refractivity contribution in [3.05, 3.63) is 72.0 Å². The smallest absolute Gasteiger partial charge is 0.411 e. The third kappa shape index (κ3) is 7.21. The fraction of sp³-hybridized carbons (Fsp3) is 0.240. The first-order valence-electron chi connectivity index (χ1n) is 10.7. The predicted octanol–water partition coefficient (Wildman–Crippen LogP) is 6.96. The van der Waals surface area contributed by atoms with Crippen LogP contribution in [-0.4, -0.2) is 27.4 Å². The first kappa shape index (κ1) is 26.7. The molecular weight excluding hydrogens is 461 g/mol. The van der Waals surface area contributed by atoms with Crippen LogP contribution in [-0.2, 0) is 14.6 Å². The van der Waals surface area contributed by atoms with Crippen molar-refractivity contribution in [1.82, 2.24) is 0 Å². The van der Waals surface area contributed by atoms with E-state index < -0.39 is 21.7 Å². The summed E-state index contributed by atoms with van der Waals surface area (Å²) in [7, 11) is -3.35. The standard InChI is InChI=1S/C23H22FNO6S.C2H6.H2/c1-4-29-23(26)25-19-14-22(31-20-8-6-5-7-18(20)24)21(13-15(19)2)30-16-9-11-17(12-10-16)32(3,27)28;1-2;/h5-14H,4H2,1-3H3,(H,25,26);1-2H3;1H. The Hall–Kier alpha value is -3.59. The highest BCUT2D eigenvalue weighted by molar-refractivity contribution is 7.90. The second-order valence-electron chi connectivity index (χ2n) is 6.84. The molecule has 7 nitrogen and oxygen atoms in total. The Bertz CT molecular complexity index is 1230. The monoisotopic (exact) mass is 491 g/mol. The number of anilines is 1. The number of hydrogen-bond acceptors (Lipinski definition) is 6. The fourth-order valence-corrected chi connectivity index (χ4v) is 3.39. The number of aryl methyl sites for hydroxylation is 1. The van der Waals surface area contributed by atoms with Gasteiger partial charge in [-0.25, -0.2) is 17.6 Å². The Labute approximate surface area is 200 Å². The number of carbonyl (C=O) groups is 1. The van der Waals surface area contributed by atoms with E-state index in [-0.39, 0.29) is 30.2 Å². The van der Waals surface area contributed by atoms with E-state index in [1.807, 2.05) is 13.8 Å². The Balaban J connectivity index is 0.00000199. The van der Waals surface area contributed by atoms with Gasteiger partial charge in [-0.3, -0.25) is 5.32 Å². The van der Waals surface area contributed by atoms with Crippen LogP contribution in [0.15, 0.2) is 65.6 Å². The lowest BCUT2D eigenvalue weighted by molar-refractivity contribution is 0.168. The average molecular weight is 492 g/mol. The van der Waals surface area contributed by atoms with E-state index in [1.165, 1.54) is 48.5 Å². The van der Waals surface area contributed by atoms with Crippen molar-refractivity contribution in [3.8, 4) is 23.0 Å². The van der Waals surface area contributed by atoms with Gasteiger partial charge in [-0.05, 0) is 61.9 Å². The van der Waals surface area contributed by atoms with Gasteiger partial charge in [-0.2, -0.15) is 0 Å². The number of hydrogen-bond donors (Lipinski definition) is 1. The molecule has 3 aromatic rings. The number of carbonyl (C=O) groups excluding carboxylic acids is 1. The van der Waals surface area contributed by atoms with Gasteiger partial charge in [0.2, 0.25) is 0 Å². The minimum absolute atomic E-state index is 0. The summed E-state index contributed by atoms with van der Waals surface area (Å²) in [6, 6.07) is 14.8. The highest BCUT2D eigenvalue weighted by Gasteiger charge is 2.16. The van der Waals surface area contributed by atoms with Crippen LogP contribution in [0.4, 0.5) is 14.9 Å². The molecule has 0 spiro atoms. The maximum atomic E-state index is 14.2. The zero-order chi connectivity index (χ0) is 25.3. The molecule has 0 heterocycles. The van der Waals surface area contributed by atoms with Crippen molar-refractivity contribution in [2.75, 3.05) is 18.2 Å². The van der Waals surface area contributed by atoms with Gasteiger partial charge in [0, 0.05) is 13.7 Å². The van der Waals surface area contributed by atoms with Crippen LogP contribution in [0.5, 0.6) is 23.0 Å². The second-order valence-corrected chi connectivity index (χ2v) is 8.85. The molecule has 0 saturated heterocycles. The van der Waals surface area contributed by atoms with Crippen molar-refractivity contribution >= 4 is 21.6 Å². The zero-order valence-electron chi connectivity index (χ0n) is 19.7. The maximum absolute atomic E-state index is 14.2. The van der Waals surface area contributed by atoms with Gasteiger partial charge in [0.05, 0.1) is 17.2 Å². The molecule has 0 radical (unpaired) electrons. The molecule has 3 rings (SSSR count). The minimum atomic E-state index is -3.35. The van der Waals surface area contributed by atoms with Gasteiger partial charge < -0.3 is 14.2 Å². The lowest BCUT2D eigenvalue weighted by Gasteiger charge is -2.17. The molecule has 1 N–H and O–H groups in total. The highest BCUT2D eigenvalue weighted by atomic mass is 32.2. The van der Waals surface area contributed by atoms with E-state index >= 15 is 0 Å². The molecule has 1 amide bonds. The number of ether oxygens (including phenoxy) is 3. The van der Waals surface area contributed by atoms with E-state index in [2.05, 4.69) is 5.32 Å². The SMILES string of the molecule is CC.CCOC(=O)Nc1cc(Oc2ccccc2F)c(Oc2ccc(S(C)(=O)=O)cc2)cc1C.[HH]. The van der Waals surface area contributed by atoms with Crippen LogP contribution in [0.2, 0.25) is 0 Å². The summed E-state index contributed by atoms with van der Waals surface area (Å²) in [6.07, 6.45) is 0.472. The number of amides is 1. The van der Waals surface area contributed by atoms with Gasteiger partial charge in [-0.15, -0.1) is 0 Å². The van der Waals surface area contributed by atoms with Crippen LogP contribution >= 0.6 is 0 Å². The van der Waals surface area contributed by atoms with Gasteiger partial charge in [0.25, 0.3) is 0 Å². The zero-order valence-corrected chi connectivity index (χ0v) is 20.5. The summed E-state index contributed by atoms with van der Waals surface area (Å²) in [4.78, 5) is 12.0. The third-order valence-corrected chi connectivity index (χ3v) is 5.47. The van der Waals surface area contributed by atoms with E-state index in [9.17, 15) is 17.6 Å². The van der Waals surface area contributed by atoms with E-state index in [0.717, 1.165) is 6.26 Å². The van der Waals surface area contributed by atoms with Crippen molar-refractivity contribution in [1.29, 1.82) is 0 Å². The Morgan fingerprint density at radius 2 is 1.59 bits per heavy atom. The predicted molar refractivity (Wildman–Crippen MR) is 131 cm³/mol. The first-order chi connectivity index (χ1) is 16.2. The Morgan fingerprint density at radius 3 is 2.18 bits per heavy atom. The summed E-state index contributed by atoms with van der Waals surface area (Å²) in [5.74, 6) is 0.125. The molecule has 0 aliphatic rings. The minimum Gasteiger partial charge on any atom is -0.453 e. The van der Waals surface area contributed by atoms with Crippen LogP contribution < -0.4 is 14.8 Å². The fourth-order valence-electron chi connectivity index (χ4n) is 2.76. The number of para-hydroxylation sites is 1. The second kappa shape index (κ2) is 12.0. The molecule has 0 aliphatic carbocycles. The highest BCUT2D eigenvalue weighted by Crippen LogP contribution is 2.39. The summed E-state index contributed by atoms with van der Waals surface area (Å²) in [6.45, 7) is 7.63. The van der Waals surface area contributed by atoms with Crippen molar-refractivity contribution in [3.63, 3.8) is 0 Å². The molecule has 0 saturated carbocycles. The number of sulfone groups is 1. The third-order valence-electron chi connectivity index (χ3n) is 4.34. The van der Waals surface area contributed by atoms with Crippen molar-refractivity contribution < 1.29 is 33.2 Å². The van der Waals surface area contributed by atoms with Crippen LogP contribution in [0.3, 0.4) is 0 Å². The van der Waals surface area contributed by atoms with Crippen LogP contribution in [0.1, 0.15) is 27.8 Å². The van der Waals surface area contributed by atoms with Crippen LogP contribution in [0, 0.1) is 12.7 Å². The molecule has 0 aliphatic heterocycles.